The molecule has 1 atom stereocenters. The molecular weight excluding hydrogens is 252 g/mol. The number of aliphatic hydroxyl groups is 1. The van der Waals surface area contributed by atoms with Gasteiger partial charge in [-0.2, -0.15) is 0 Å². The van der Waals surface area contributed by atoms with Crippen LogP contribution < -0.4 is 5.32 Å². The summed E-state index contributed by atoms with van der Waals surface area (Å²) in [5.41, 5.74) is 2.15. The van der Waals surface area contributed by atoms with Crippen LogP contribution in [0.2, 0.25) is 0 Å². The van der Waals surface area contributed by atoms with Gasteiger partial charge < -0.3 is 15.2 Å². The highest BCUT2D eigenvalue weighted by atomic mass is 16.5. The zero-order chi connectivity index (χ0) is 14.4. The fraction of sp³-hybridized carbons (Fsp3) is 0.438. The first-order valence-electron chi connectivity index (χ1n) is 7.00. The third-order valence-electron chi connectivity index (χ3n) is 3.03. The zero-order valence-electron chi connectivity index (χ0n) is 12.0. The molecule has 2 aromatic rings. The molecule has 0 bridgehead atoms. The average molecular weight is 274 g/mol. The topological polar surface area (TPSA) is 54.4 Å². The van der Waals surface area contributed by atoms with E-state index >= 15 is 0 Å². The lowest BCUT2D eigenvalue weighted by atomic mass is 10.1. The van der Waals surface area contributed by atoms with Gasteiger partial charge in [-0.3, -0.25) is 4.98 Å². The summed E-state index contributed by atoms with van der Waals surface area (Å²) in [7, 11) is 0. The van der Waals surface area contributed by atoms with Crippen molar-refractivity contribution in [1.29, 1.82) is 0 Å². The Morgan fingerprint density at radius 3 is 2.85 bits per heavy atom. The molecule has 1 aromatic heterocycles. The SMILES string of the molecule is CC(C)OCC(O)CNCc1cccc2cccnc12. The number of fused-ring (bicyclic) bond motifs is 1. The van der Waals surface area contributed by atoms with Gasteiger partial charge in [0, 0.05) is 24.7 Å². The fourth-order valence-electron chi connectivity index (χ4n) is 2.05. The standard InChI is InChI=1S/C16H22N2O2/c1-12(2)20-11-15(19)10-17-9-14-6-3-5-13-7-4-8-18-16(13)14/h3-8,12,15,17,19H,9-11H2,1-2H3. The van der Waals surface area contributed by atoms with Crippen molar-refractivity contribution in [3.63, 3.8) is 0 Å². The number of aromatic nitrogens is 1. The molecule has 0 radical (unpaired) electrons. The van der Waals surface area contributed by atoms with Gasteiger partial charge in [-0.15, -0.1) is 0 Å². The molecule has 2 rings (SSSR count). The molecule has 0 aliphatic heterocycles. The number of benzene rings is 1. The van der Waals surface area contributed by atoms with E-state index in [1.807, 2.05) is 26.0 Å². The monoisotopic (exact) mass is 274 g/mol. The third kappa shape index (κ3) is 4.27. The van der Waals surface area contributed by atoms with Crippen LogP contribution in [0.4, 0.5) is 0 Å². The van der Waals surface area contributed by atoms with E-state index in [4.69, 9.17) is 4.74 Å². The van der Waals surface area contributed by atoms with Crippen LogP contribution in [0.5, 0.6) is 0 Å². The number of rotatable bonds is 7. The van der Waals surface area contributed by atoms with Crippen LogP contribution in [-0.2, 0) is 11.3 Å². The zero-order valence-corrected chi connectivity index (χ0v) is 12.0. The Morgan fingerprint density at radius 2 is 2.05 bits per heavy atom. The smallest absolute Gasteiger partial charge is 0.0897 e. The maximum absolute atomic E-state index is 9.79. The molecule has 4 heteroatoms. The average Bonchev–Trinajstić information content (AvgIpc) is 2.45. The summed E-state index contributed by atoms with van der Waals surface area (Å²) >= 11 is 0. The Labute approximate surface area is 119 Å². The minimum absolute atomic E-state index is 0.145. The van der Waals surface area contributed by atoms with Gasteiger partial charge in [-0.25, -0.2) is 0 Å². The van der Waals surface area contributed by atoms with Gasteiger partial charge in [0.15, 0.2) is 0 Å². The van der Waals surface area contributed by atoms with Gasteiger partial charge in [0.2, 0.25) is 0 Å². The summed E-state index contributed by atoms with van der Waals surface area (Å²) in [4.78, 5) is 4.41. The molecule has 20 heavy (non-hydrogen) atoms. The van der Waals surface area contributed by atoms with Crippen LogP contribution in [0.25, 0.3) is 10.9 Å². The van der Waals surface area contributed by atoms with Crippen molar-refractivity contribution in [2.75, 3.05) is 13.2 Å². The summed E-state index contributed by atoms with van der Waals surface area (Å²) in [6, 6.07) is 10.1. The van der Waals surface area contributed by atoms with Gasteiger partial charge in [-0.1, -0.05) is 24.3 Å². The first-order chi connectivity index (χ1) is 9.66. The molecule has 0 fully saturated rings. The number of ether oxygens (including phenoxy) is 1. The number of para-hydroxylation sites is 1. The van der Waals surface area contributed by atoms with Crippen LogP contribution in [-0.4, -0.2) is 35.5 Å². The summed E-state index contributed by atoms with van der Waals surface area (Å²) in [5.74, 6) is 0. The minimum Gasteiger partial charge on any atom is -0.389 e. The lowest BCUT2D eigenvalue weighted by Crippen LogP contribution is -2.31. The summed E-state index contributed by atoms with van der Waals surface area (Å²) in [6.07, 6.45) is 1.46. The maximum atomic E-state index is 9.79. The minimum atomic E-state index is -0.486. The van der Waals surface area contributed by atoms with Crippen LogP contribution >= 0.6 is 0 Å². The van der Waals surface area contributed by atoms with Gasteiger partial charge in [-0.05, 0) is 25.5 Å². The van der Waals surface area contributed by atoms with E-state index < -0.39 is 6.10 Å². The number of nitrogens with zero attached hydrogens (tertiary/aromatic N) is 1. The molecule has 4 nitrogen and oxygen atoms in total. The molecule has 108 valence electrons. The molecular formula is C16H22N2O2. The van der Waals surface area contributed by atoms with Gasteiger partial charge in [0.1, 0.15) is 0 Å². The number of nitrogens with one attached hydrogen (secondary N) is 1. The second-order valence-electron chi connectivity index (χ2n) is 5.16. The Balaban J connectivity index is 1.87. The number of aliphatic hydroxyl groups excluding tert-OH is 1. The highest BCUT2D eigenvalue weighted by Crippen LogP contribution is 2.15. The molecule has 0 saturated carbocycles. The van der Waals surface area contributed by atoms with E-state index in [2.05, 4.69) is 28.5 Å². The number of pyridine rings is 1. The normalized spacial score (nSPS) is 13.0. The van der Waals surface area contributed by atoms with E-state index in [1.54, 1.807) is 6.20 Å². The second-order valence-corrected chi connectivity index (χ2v) is 5.16. The lowest BCUT2D eigenvalue weighted by molar-refractivity contribution is 0.00631. The molecule has 1 heterocycles. The highest BCUT2D eigenvalue weighted by molar-refractivity contribution is 5.81. The molecule has 1 aromatic carbocycles. The second kappa shape index (κ2) is 7.33. The Morgan fingerprint density at radius 1 is 1.25 bits per heavy atom. The predicted octanol–water partition coefficient (Wildman–Crippen LogP) is 2.11. The van der Waals surface area contributed by atoms with Crippen LogP contribution in [0.1, 0.15) is 19.4 Å². The quantitative estimate of drug-likeness (QED) is 0.812. The summed E-state index contributed by atoms with van der Waals surface area (Å²) in [6.45, 7) is 5.48. The fourth-order valence-corrected chi connectivity index (χ4v) is 2.05. The molecule has 0 amide bonds. The van der Waals surface area contributed by atoms with E-state index in [1.165, 1.54) is 0 Å². The van der Waals surface area contributed by atoms with Crippen molar-refractivity contribution < 1.29 is 9.84 Å². The Kier molecular flexibility index (Phi) is 5.47. The van der Waals surface area contributed by atoms with Crippen LogP contribution in [0.15, 0.2) is 36.5 Å². The summed E-state index contributed by atoms with van der Waals surface area (Å²) < 4.78 is 5.37. The maximum Gasteiger partial charge on any atom is 0.0897 e. The Hall–Kier alpha value is -1.49. The summed E-state index contributed by atoms with van der Waals surface area (Å²) in [5, 5.41) is 14.2. The van der Waals surface area contributed by atoms with E-state index in [0.29, 0.717) is 19.7 Å². The van der Waals surface area contributed by atoms with Crippen molar-refractivity contribution in [3.05, 3.63) is 42.1 Å². The van der Waals surface area contributed by atoms with Crippen molar-refractivity contribution in [2.45, 2.75) is 32.6 Å². The van der Waals surface area contributed by atoms with Crippen LogP contribution in [0.3, 0.4) is 0 Å². The lowest BCUT2D eigenvalue weighted by Gasteiger charge is -2.14. The highest BCUT2D eigenvalue weighted by Gasteiger charge is 2.06. The third-order valence-corrected chi connectivity index (χ3v) is 3.03. The van der Waals surface area contributed by atoms with Crippen molar-refractivity contribution in [2.24, 2.45) is 0 Å². The van der Waals surface area contributed by atoms with Crippen molar-refractivity contribution >= 4 is 10.9 Å². The molecule has 1 unspecified atom stereocenters. The van der Waals surface area contributed by atoms with Gasteiger partial charge >= 0.3 is 0 Å². The van der Waals surface area contributed by atoms with Crippen molar-refractivity contribution in [3.8, 4) is 0 Å². The molecule has 0 spiro atoms. The predicted molar refractivity (Wildman–Crippen MR) is 80.5 cm³/mol. The van der Waals surface area contributed by atoms with Gasteiger partial charge in [0.25, 0.3) is 0 Å². The Bertz CT molecular complexity index is 537. The molecule has 0 aliphatic carbocycles. The van der Waals surface area contributed by atoms with E-state index in [0.717, 1.165) is 16.5 Å². The largest absolute Gasteiger partial charge is 0.389 e. The first-order valence-corrected chi connectivity index (χ1v) is 7.00. The van der Waals surface area contributed by atoms with Crippen LogP contribution in [0, 0.1) is 0 Å². The number of hydrogen-bond donors (Lipinski definition) is 2. The molecule has 0 aliphatic rings. The van der Waals surface area contributed by atoms with Gasteiger partial charge in [0.05, 0.1) is 24.3 Å². The van der Waals surface area contributed by atoms with Crippen molar-refractivity contribution in [1.82, 2.24) is 10.3 Å². The first kappa shape index (κ1) is 14.9. The van der Waals surface area contributed by atoms with E-state index in [-0.39, 0.29) is 6.10 Å². The number of hydrogen-bond acceptors (Lipinski definition) is 4. The molecule has 2 N–H and O–H groups in total. The molecule has 0 saturated heterocycles. The van der Waals surface area contributed by atoms with E-state index in [9.17, 15) is 5.11 Å².